The number of nitrogens with one attached hydrogen (secondary N) is 1. The van der Waals surface area contributed by atoms with Crippen LogP contribution in [0.5, 0.6) is 0 Å². The van der Waals surface area contributed by atoms with Crippen molar-refractivity contribution in [2.75, 3.05) is 38.7 Å². The number of benzene rings is 2. The van der Waals surface area contributed by atoms with Gasteiger partial charge < -0.3 is 9.64 Å². The number of nitrogens with zero attached hydrogens (tertiary/aromatic N) is 5. The van der Waals surface area contributed by atoms with Crippen LogP contribution in [0.15, 0.2) is 64.8 Å². The van der Waals surface area contributed by atoms with Gasteiger partial charge in [-0.15, -0.1) is 5.11 Å². The first-order valence-electron chi connectivity index (χ1n) is 9.61. The molecule has 0 bridgehead atoms. The van der Waals surface area contributed by atoms with E-state index in [4.69, 9.17) is 4.74 Å². The Morgan fingerprint density at radius 2 is 1.93 bits per heavy atom. The van der Waals surface area contributed by atoms with Crippen molar-refractivity contribution in [1.29, 1.82) is 0 Å². The SMILES string of the molecule is CCN(CCOC(=O)c1ccccc1)c1ccc(N=NC2N(C)NC=[N+]2C)cc1. The van der Waals surface area contributed by atoms with Gasteiger partial charge in [-0.25, -0.2) is 9.37 Å². The Morgan fingerprint density at radius 1 is 1.21 bits per heavy atom. The summed E-state index contributed by atoms with van der Waals surface area (Å²) in [7, 11) is 3.85. The third kappa shape index (κ3) is 5.39. The molecule has 0 saturated carbocycles. The number of carbonyl (C=O) groups excluding carboxylic acids is 1. The lowest BCUT2D eigenvalue weighted by atomic mass is 10.2. The van der Waals surface area contributed by atoms with Crippen LogP contribution >= 0.6 is 0 Å². The average molecular weight is 395 g/mol. The lowest BCUT2D eigenvalue weighted by Gasteiger charge is -2.23. The molecule has 0 spiro atoms. The summed E-state index contributed by atoms with van der Waals surface area (Å²) in [5.41, 5.74) is 5.46. The van der Waals surface area contributed by atoms with Gasteiger partial charge in [-0.05, 0) is 43.3 Å². The van der Waals surface area contributed by atoms with E-state index in [-0.39, 0.29) is 12.3 Å². The van der Waals surface area contributed by atoms with Gasteiger partial charge in [0, 0.05) is 19.3 Å². The van der Waals surface area contributed by atoms with Crippen LogP contribution in [-0.2, 0) is 4.74 Å². The van der Waals surface area contributed by atoms with Crippen molar-refractivity contribution in [3.05, 3.63) is 60.2 Å². The normalized spacial score (nSPS) is 16.5. The Labute approximate surface area is 171 Å². The van der Waals surface area contributed by atoms with Gasteiger partial charge in [-0.1, -0.05) is 23.2 Å². The van der Waals surface area contributed by atoms with Gasteiger partial charge in [0.05, 0.1) is 24.8 Å². The maximum absolute atomic E-state index is 12.0. The van der Waals surface area contributed by atoms with Crippen molar-refractivity contribution in [3.63, 3.8) is 0 Å². The lowest BCUT2D eigenvalue weighted by molar-refractivity contribution is -0.545. The second kappa shape index (κ2) is 9.79. The third-order valence-electron chi connectivity index (χ3n) is 4.65. The lowest BCUT2D eigenvalue weighted by Crippen LogP contribution is -2.36. The largest absolute Gasteiger partial charge is 0.460 e. The van der Waals surface area contributed by atoms with E-state index in [0.717, 1.165) is 17.9 Å². The summed E-state index contributed by atoms with van der Waals surface area (Å²) < 4.78 is 7.33. The topological polar surface area (TPSA) is 72.5 Å². The molecule has 1 aliphatic rings. The second-order valence-electron chi connectivity index (χ2n) is 6.69. The number of rotatable bonds is 8. The molecule has 0 fully saturated rings. The number of azo groups is 1. The predicted molar refractivity (Wildman–Crippen MR) is 113 cm³/mol. The van der Waals surface area contributed by atoms with Crippen LogP contribution in [0.2, 0.25) is 0 Å². The average Bonchev–Trinajstić information content (AvgIpc) is 3.08. The van der Waals surface area contributed by atoms with E-state index < -0.39 is 0 Å². The zero-order valence-electron chi connectivity index (χ0n) is 17.0. The van der Waals surface area contributed by atoms with E-state index in [2.05, 4.69) is 27.5 Å². The van der Waals surface area contributed by atoms with E-state index in [1.165, 1.54) is 0 Å². The number of hydrogen-bond acceptors (Lipinski definition) is 7. The number of esters is 1. The molecule has 29 heavy (non-hydrogen) atoms. The minimum atomic E-state index is -0.300. The number of anilines is 1. The Kier molecular flexibility index (Phi) is 6.91. The standard InChI is InChI=1S/C21H26N6O2/c1-4-27(14-15-29-20(28)17-8-6-5-7-9-17)19-12-10-18(11-13-19)23-24-21-25(2)16-22-26(21)3/h5-13,16,21H,4,14-15H2,1-3H3/p+1. The molecule has 2 aromatic carbocycles. The molecule has 8 heteroatoms. The molecule has 0 amide bonds. The van der Waals surface area contributed by atoms with Gasteiger partial charge in [0.1, 0.15) is 6.61 Å². The predicted octanol–water partition coefficient (Wildman–Crippen LogP) is 2.86. The fourth-order valence-electron chi connectivity index (χ4n) is 2.97. The molecule has 152 valence electrons. The van der Waals surface area contributed by atoms with Crippen LogP contribution < -0.4 is 10.3 Å². The van der Waals surface area contributed by atoms with Crippen molar-refractivity contribution in [1.82, 2.24) is 10.4 Å². The molecule has 0 aromatic heterocycles. The van der Waals surface area contributed by atoms with Gasteiger partial charge >= 0.3 is 5.97 Å². The quantitative estimate of drug-likeness (QED) is 0.423. The van der Waals surface area contributed by atoms with Crippen LogP contribution in [0.1, 0.15) is 17.3 Å². The Hall–Kier alpha value is -3.26. The van der Waals surface area contributed by atoms with E-state index in [0.29, 0.717) is 18.7 Å². The van der Waals surface area contributed by atoms with Crippen LogP contribution in [0.25, 0.3) is 0 Å². The first-order chi connectivity index (χ1) is 14.1. The smallest absolute Gasteiger partial charge is 0.338 e. The molecular formula is C21H27N6O2+. The van der Waals surface area contributed by atoms with Crippen molar-refractivity contribution >= 4 is 23.7 Å². The van der Waals surface area contributed by atoms with Gasteiger partial charge in [-0.3, -0.25) is 0 Å². The monoisotopic (exact) mass is 395 g/mol. The third-order valence-corrected chi connectivity index (χ3v) is 4.65. The van der Waals surface area contributed by atoms with E-state index >= 15 is 0 Å². The minimum absolute atomic E-state index is 0.166. The Balaban J connectivity index is 1.53. The number of hydrogen-bond donors (Lipinski definition) is 1. The van der Waals surface area contributed by atoms with Crippen molar-refractivity contribution in [3.8, 4) is 0 Å². The molecule has 1 heterocycles. The van der Waals surface area contributed by atoms with E-state index in [1.54, 1.807) is 12.1 Å². The highest BCUT2D eigenvalue weighted by atomic mass is 16.5. The molecule has 3 rings (SSSR count). The fourth-order valence-corrected chi connectivity index (χ4v) is 2.97. The van der Waals surface area contributed by atoms with Crippen LogP contribution in [0.4, 0.5) is 11.4 Å². The first-order valence-corrected chi connectivity index (χ1v) is 9.61. The van der Waals surface area contributed by atoms with E-state index in [1.807, 2.05) is 72.5 Å². The Bertz CT molecular complexity index is 866. The number of carbonyl (C=O) groups is 1. The molecule has 8 nitrogen and oxygen atoms in total. The molecule has 1 aliphatic heterocycles. The molecule has 0 radical (unpaired) electrons. The van der Waals surface area contributed by atoms with Gasteiger partial charge in [0.25, 0.3) is 12.6 Å². The first kappa shape index (κ1) is 20.5. The van der Waals surface area contributed by atoms with Gasteiger partial charge in [0.2, 0.25) is 0 Å². The van der Waals surface area contributed by atoms with E-state index in [9.17, 15) is 4.79 Å². The van der Waals surface area contributed by atoms with Crippen LogP contribution in [0, 0.1) is 0 Å². The molecule has 1 unspecified atom stereocenters. The fraction of sp³-hybridized carbons (Fsp3) is 0.333. The number of hydrazine groups is 1. The molecule has 1 atom stereocenters. The molecule has 2 aromatic rings. The Morgan fingerprint density at radius 3 is 2.55 bits per heavy atom. The molecule has 0 aliphatic carbocycles. The second-order valence-corrected chi connectivity index (χ2v) is 6.69. The van der Waals surface area contributed by atoms with Crippen LogP contribution in [0.3, 0.4) is 0 Å². The highest BCUT2D eigenvalue weighted by molar-refractivity contribution is 5.89. The summed E-state index contributed by atoms with van der Waals surface area (Å²) >= 11 is 0. The van der Waals surface area contributed by atoms with Gasteiger partial charge in [0.15, 0.2) is 0 Å². The van der Waals surface area contributed by atoms with Gasteiger partial charge in [-0.2, -0.15) is 10.5 Å². The van der Waals surface area contributed by atoms with Crippen molar-refractivity contribution < 1.29 is 14.1 Å². The maximum atomic E-state index is 12.0. The summed E-state index contributed by atoms with van der Waals surface area (Å²) in [6, 6.07) is 16.9. The number of ether oxygens (including phenoxy) is 1. The molecular weight excluding hydrogens is 368 g/mol. The summed E-state index contributed by atoms with van der Waals surface area (Å²) in [6.07, 6.45) is 1.68. The maximum Gasteiger partial charge on any atom is 0.338 e. The summed E-state index contributed by atoms with van der Waals surface area (Å²) in [5, 5.41) is 10.6. The summed E-state index contributed by atoms with van der Waals surface area (Å²) in [5.74, 6) is -0.300. The number of likely N-dealkylation sites (N-methyl/N-ethyl adjacent to an activating group) is 1. The zero-order chi connectivity index (χ0) is 20.6. The summed E-state index contributed by atoms with van der Waals surface area (Å²) in [6.45, 7) is 3.83. The zero-order valence-corrected chi connectivity index (χ0v) is 17.0. The van der Waals surface area contributed by atoms with Crippen molar-refractivity contribution in [2.45, 2.75) is 13.2 Å². The highest BCUT2D eigenvalue weighted by Crippen LogP contribution is 2.20. The minimum Gasteiger partial charge on any atom is -0.460 e. The van der Waals surface area contributed by atoms with Crippen LogP contribution in [-0.4, -0.2) is 62.0 Å². The highest BCUT2D eigenvalue weighted by Gasteiger charge is 2.26. The van der Waals surface area contributed by atoms with Crippen molar-refractivity contribution in [2.24, 2.45) is 10.2 Å². The summed E-state index contributed by atoms with van der Waals surface area (Å²) in [4.78, 5) is 14.2. The molecule has 0 saturated heterocycles. The molecule has 1 N–H and O–H groups in total.